The van der Waals surface area contributed by atoms with Crippen molar-refractivity contribution in [2.24, 2.45) is 0 Å². The van der Waals surface area contributed by atoms with Crippen molar-refractivity contribution in [2.45, 2.75) is 6.42 Å². The first-order chi connectivity index (χ1) is 9.06. The molecule has 1 aliphatic heterocycles. The lowest BCUT2D eigenvalue weighted by molar-refractivity contribution is 0.0746. The molecule has 1 aromatic carbocycles. The maximum atomic E-state index is 12.7. The fourth-order valence-corrected chi connectivity index (χ4v) is 3.06. The summed E-state index contributed by atoms with van der Waals surface area (Å²) < 4.78 is 17.3. The van der Waals surface area contributed by atoms with Crippen LogP contribution in [0.2, 0.25) is 0 Å². The zero-order chi connectivity index (χ0) is 13.6. The van der Waals surface area contributed by atoms with Gasteiger partial charge in [0, 0.05) is 30.2 Å². The number of hydrogen-bond donors (Lipinski definition) is 1. The highest BCUT2D eigenvalue weighted by atomic mass is 32.0. The van der Waals surface area contributed by atoms with Crippen LogP contribution in [0.5, 0.6) is 0 Å². The van der Waals surface area contributed by atoms with E-state index in [0.29, 0.717) is 5.69 Å². The molecular weight excluding hydrogens is 285 g/mol. The smallest absolute Gasteiger partial charge is 0.359 e. The van der Waals surface area contributed by atoms with Gasteiger partial charge in [-0.3, -0.25) is 0 Å². The Balaban J connectivity index is 2.05. The van der Waals surface area contributed by atoms with E-state index in [-0.39, 0.29) is 0 Å². The molecule has 0 aliphatic carbocycles. The number of hydrogen-bond acceptors (Lipinski definition) is 3. The van der Waals surface area contributed by atoms with Crippen LogP contribution in [-0.2, 0) is 10.9 Å². The molecule has 100 valence electrons. The summed E-state index contributed by atoms with van der Waals surface area (Å²) in [4.78, 5) is 16.9. The Morgan fingerprint density at radius 2 is 2.37 bits per heavy atom. The van der Waals surface area contributed by atoms with Gasteiger partial charge in [-0.15, -0.1) is 0 Å². The molecule has 0 saturated heterocycles. The van der Waals surface area contributed by atoms with Gasteiger partial charge in [0.05, 0.1) is 0 Å². The normalized spacial score (nSPS) is 15.6. The fraction of sp³-hybridized carbons (Fsp3) is 0.250. The van der Waals surface area contributed by atoms with E-state index in [2.05, 4.69) is 14.4 Å². The summed E-state index contributed by atoms with van der Waals surface area (Å²) in [5.74, 6) is -0.653. The van der Waals surface area contributed by atoms with E-state index < -0.39 is 14.1 Å². The Morgan fingerprint density at radius 3 is 3.11 bits per heavy atom. The van der Waals surface area contributed by atoms with Crippen molar-refractivity contribution in [1.29, 1.82) is 0 Å². The Hall–Kier alpha value is -1.18. The van der Waals surface area contributed by atoms with Crippen molar-refractivity contribution in [3.63, 3.8) is 0 Å². The first-order valence-corrected chi connectivity index (χ1v) is 8.62. The number of fused-ring (bicyclic) bond motifs is 3. The number of nitrogens with zero attached hydrogens (tertiary/aromatic N) is 1. The standard InChI is InChI=1S/C12H13FN2O2P2/c1-15-5-4-7-8-6-10(12(16)17-19(13)18)14-9(8)2-3-11(7)15/h2-3,6,14H,4-5,18H2,1H3. The summed E-state index contributed by atoms with van der Waals surface area (Å²) in [6.07, 6.45) is 0.953. The lowest BCUT2D eigenvalue weighted by Crippen LogP contribution is -2.12. The first-order valence-electron chi connectivity index (χ1n) is 5.85. The van der Waals surface area contributed by atoms with E-state index in [1.807, 2.05) is 28.1 Å². The largest absolute Gasteiger partial charge is 0.405 e. The number of nitrogens with one attached hydrogen (secondary N) is 1. The summed E-state index contributed by atoms with van der Waals surface area (Å²) in [7, 11) is 1.63. The number of aromatic nitrogens is 1. The predicted octanol–water partition coefficient (Wildman–Crippen LogP) is 3.39. The third-order valence-corrected chi connectivity index (χ3v) is 4.05. The Kier molecular flexibility index (Phi) is 3.20. The number of rotatable bonds is 2. The number of anilines is 1. The first kappa shape index (κ1) is 12.8. The highest BCUT2D eigenvalue weighted by Crippen LogP contribution is 2.47. The molecule has 1 aromatic heterocycles. The summed E-state index contributed by atoms with van der Waals surface area (Å²) >= 11 is 0. The molecule has 2 aromatic rings. The van der Waals surface area contributed by atoms with Crippen molar-refractivity contribution in [1.82, 2.24) is 4.98 Å². The maximum Gasteiger partial charge on any atom is 0.359 e. The molecule has 4 nitrogen and oxygen atoms in total. The quantitative estimate of drug-likeness (QED) is 0.864. The minimum absolute atomic E-state index is 0.297. The van der Waals surface area contributed by atoms with Crippen LogP contribution >= 0.6 is 17.1 Å². The van der Waals surface area contributed by atoms with E-state index in [9.17, 15) is 8.99 Å². The van der Waals surface area contributed by atoms with E-state index in [4.69, 9.17) is 0 Å². The van der Waals surface area contributed by atoms with Crippen LogP contribution in [-0.4, -0.2) is 24.5 Å². The number of benzene rings is 1. The molecule has 2 heterocycles. The molecule has 0 radical (unpaired) electrons. The van der Waals surface area contributed by atoms with Crippen LogP contribution in [0, 0.1) is 0 Å². The highest BCUT2D eigenvalue weighted by Gasteiger charge is 2.21. The van der Waals surface area contributed by atoms with Gasteiger partial charge in [-0.1, -0.05) is 0 Å². The predicted molar refractivity (Wildman–Crippen MR) is 78.4 cm³/mol. The minimum atomic E-state index is -2.27. The van der Waals surface area contributed by atoms with Crippen molar-refractivity contribution < 1.29 is 13.5 Å². The summed E-state index contributed by atoms with van der Waals surface area (Å²) in [6.45, 7) is 0.973. The Morgan fingerprint density at radius 1 is 1.58 bits per heavy atom. The zero-order valence-corrected chi connectivity index (χ0v) is 12.4. The van der Waals surface area contributed by atoms with Gasteiger partial charge in [0.1, 0.15) is 5.69 Å². The van der Waals surface area contributed by atoms with E-state index in [1.165, 1.54) is 11.3 Å². The third kappa shape index (κ3) is 2.22. The number of H-pyrrole nitrogens is 1. The van der Waals surface area contributed by atoms with Gasteiger partial charge in [-0.25, -0.2) is 4.79 Å². The minimum Gasteiger partial charge on any atom is -0.405 e. The lowest BCUT2D eigenvalue weighted by Gasteiger charge is -2.11. The lowest BCUT2D eigenvalue weighted by atomic mass is 10.1. The van der Waals surface area contributed by atoms with Gasteiger partial charge in [0.25, 0.3) is 8.15 Å². The molecule has 0 saturated carbocycles. The molecular formula is C12H13FN2O2P2. The molecule has 7 heteroatoms. The molecule has 3 rings (SSSR count). The van der Waals surface area contributed by atoms with Crippen molar-refractivity contribution >= 4 is 39.6 Å². The summed E-state index contributed by atoms with van der Waals surface area (Å²) in [5.41, 5.74) is 3.59. The number of aromatic amines is 1. The van der Waals surface area contributed by atoms with Gasteiger partial charge < -0.3 is 14.4 Å². The van der Waals surface area contributed by atoms with Crippen molar-refractivity contribution in [3.8, 4) is 0 Å². The molecule has 0 spiro atoms. The molecule has 0 amide bonds. The monoisotopic (exact) mass is 298 g/mol. The molecule has 2 unspecified atom stereocenters. The summed E-state index contributed by atoms with van der Waals surface area (Å²) in [5, 5.41) is 1.01. The molecule has 1 N–H and O–H groups in total. The number of halogens is 1. The van der Waals surface area contributed by atoms with Crippen LogP contribution in [0.15, 0.2) is 18.2 Å². The van der Waals surface area contributed by atoms with Gasteiger partial charge >= 0.3 is 5.97 Å². The second kappa shape index (κ2) is 4.73. The summed E-state index contributed by atoms with van der Waals surface area (Å²) in [6, 6.07) is 5.72. The number of carbonyl (C=O) groups is 1. The molecule has 2 atom stereocenters. The van der Waals surface area contributed by atoms with Crippen LogP contribution in [0.1, 0.15) is 16.1 Å². The van der Waals surface area contributed by atoms with Gasteiger partial charge in [0.2, 0.25) is 0 Å². The average molecular weight is 298 g/mol. The maximum absolute atomic E-state index is 12.7. The second-order valence-electron chi connectivity index (χ2n) is 4.53. The van der Waals surface area contributed by atoms with Crippen LogP contribution in [0.4, 0.5) is 9.88 Å². The number of carbonyl (C=O) groups excluding carboxylic acids is 1. The van der Waals surface area contributed by atoms with Crippen molar-refractivity contribution in [2.75, 3.05) is 18.5 Å². The van der Waals surface area contributed by atoms with Crippen molar-refractivity contribution in [3.05, 3.63) is 29.5 Å². The van der Waals surface area contributed by atoms with Gasteiger partial charge in [-0.2, -0.15) is 4.20 Å². The van der Waals surface area contributed by atoms with E-state index in [0.717, 1.165) is 23.9 Å². The van der Waals surface area contributed by atoms with Crippen LogP contribution < -0.4 is 4.90 Å². The zero-order valence-electron chi connectivity index (χ0n) is 10.3. The fourth-order valence-electron chi connectivity index (χ4n) is 2.51. The Bertz CT molecular complexity index is 656. The second-order valence-corrected chi connectivity index (χ2v) is 6.47. The van der Waals surface area contributed by atoms with E-state index in [1.54, 1.807) is 6.07 Å². The van der Waals surface area contributed by atoms with Gasteiger partial charge in [0.15, 0.2) is 0 Å². The third-order valence-electron chi connectivity index (χ3n) is 3.39. The van der Waals surface area contributed by atoms with Crippen LogP contribution in [0.25, 0.3) is 10.9 Å². The van der Waals surface area contributed by atoms with E-state index >= 15 is 0 Å². The SMILES string of the molecule is CN1CCc2c1ccc1[nH]c(C(=O)OP(F)P)cc21. The van der Waals surface area contributed by atoms with Gasteiger partial charge in [-0.05, 0) is 39.1 Å². The molecule has 1 aliphatic rings. The highest BCUT2D eigenvalue weighted by molar-refractivity contribution is 8.08. The average Bonchev–Trinajstić information content (AvgIpc) is 2.91. The molecule has 0 bridgehead atoms. The topological polar surface area (TPSA) is 45.3 Å². The molecule has 0 fully saturated rings. The van der Waals surface area contributed by atoms with Crippen LogP contribution in [0.3, 0.4) is 0 Å². The number of likely N-dealkylation sites (N-methyl/N-ethyl adjacent to an activating group) is 1. The Labute approximate surface area is 113 Å². The molecule has 19 heavy (non-hydrogen) atoms.